The van der Waals surface area contributed by atoms with Crippen LogP contribution in [0.5, 0.6) is 0 Å². The molecule has 6 nitrogen and oxygen atoms in total. The number of nitrogens with zero attached hydrogens (tertiary/aromatic N) is 2. The number of benzene rings is 1. The maximum Gasteiger partial charge on any atom is 0.273 e. The summed E-state index contributed by atoms with van der Waals surface area (Å²) in [6, 6.07) is 2.66. The molecule has 7 heteroatoms. The molecule has 0 atom stereocenters. The van der Waals surface area contributed by atoms with Gasteiger partial charge in [0.1, 0.15) is 5.82 Å². The summed E-state index contributed by atoms with van der Waals surface area (Å²) in [6.45, 7) is -0.164. The van der Waals surface area contributed by atoms with Crippen molar-refractivity contribution in [3.8, 4) is 0 Å². The van der Waals surface area contributed by atoms with E-state index in [2.05, 4.69) is 0 Å². The molecule has 0 saturated carbocycles. The van der Waals surface area contributed by atoms with E-state index in [1.165, 1.54) is 7.05 Å². The van der Waals surface area contributed by atoms with Crippen molar-refractivity contribution in [2.45, 2.75) is 0 Å². The Balaban J connectivity index is 3.05. The summed E-state index contributed by atoms with van der Waals surface area (Å²) in [4.78, 5) is 22.6. The zero-order valence-electron chi connectivity index (χ0n) is 9.09. The molecule has 0 bridgehead atoms. The molecule has 17 heavy (non-hydrogen) atoms. The Bertz CT molecular complexity index is 450. The number of nitro groups is 1. The van der Waals surface area contributed by atoms with E-state index in [4.69, 9.17) is 5.11 Å². The molecule has 1 amide bonds. The topological polar surface area (TPSA) is 83.7 Å². The molecule has 0 spiro atoms. The lowest BCUT2D eigenvalue weighted by Gasteiger charge is -2.15. The molecule has 1 aromatic carbocycles. The van der Waals surface area contributed by atoms with Crippen LogP contribution in [0.15, 0.2) is 18.2 Å². The van der Waals surface area contributed by atoms with Crippen LogP contribution in [0.2, 0.25) is 0 Å². The maximum atomic E-state index is 13.1. The van der Waals surface area contributed by atoms with Crippen molar-refractivity contribution in [2.24, 2.45) is 0 Å². The molecule has 1 aromatic rings. The van der Waals surface area contributed by atoms with E-state index >= 15 is 0 Å². The third-order valence-electron chi connectivity index (χ3n) is 2.12. The number of amides is 1. The third kappa shape index (κ3) is 3.22. The first-order chi connectivity index (χ1) is 7.95. The molecule has 92 valence electrons. The van der Waals surface area contributed by atoms with Crippen LogP contribution in [-0.4, -0.2) is 41.0 Å². The second-order valence-corrected chi connectivity index (χ2v) is 3.41. The largest absolute Gasteiger partial charge is 0.395 e. The highest BCUT2D eigenvalue weighted by Gasteiger charge is 2.17. The van der Waals surface area contributed by atoms with E-state index in [0.29, 0.717) is 0 Å². The van der Waals surface area contributed by atoms with Gasteiger partial charge in [0, 0.05) is 25.2 Å². The molecule has 0 aromatic heterocycles. The highest BCUT2D eigenvalue weighted by atomic mass is 19.1. The van der Waals surface area contributed by atoms with Crippen molar-refractivity contribution in [1.82, 2.24) is 4.90 Å². The third-order valence-corrected chi connectivity index (χ3v) is 2.12. The Hall–Kier alpha value is -2.02. The Morgan fingerprint density at radius 1 is 1.53 bits per heavy atom. The lowest BCUT2D eigenvalue weighted by Crippen LogP contribution is -2.29. The molecular weight excluding hydrogens is 231 g/mol. The monoisotopic (exact) mass is 242 g/mol. The van der Waals surface area contributed by atoms with Gasteiger partial charge in [-0.15, -0.1) is 0 Å². The highest BCUT2D eigenvalue weighted by Crippen LogP contribution is 2.17. The van der Waals surface area contributed by atoms with Gasteiger partial charge in [-0.25, -0.2) is 4.39 Å². The zero-order valence-corrected chi connectivity index (χ0v) is 9.09. The predicted molar refractivity (Wildman–Crippen MR) is 57.1 cm³/mol. The van der Waals surface area contributed by atoms with Crippen LogP contribution in [0.3, 0.4) is 0 Å². The standard InChI is InChI=1S/C10H11FN2O4/c1-12(2-3-14)10(15)7-4-8(11)6-9(5-7)13(16)17/h4-6,14H,2-3H2,1H3. The number of non-ortho nitro benzene ring substituents is 1. The summed E-state index contributed by atoms with van der Waals surface area (Å²) in [7, 11) is 1.41. The molecule has 0 heterocycles. The van der Waals surface area contributed by atoms with Crippen LogP contribution in [0.1, 0.15) is 10.4 Å². The van der Waals surface area contributed by atoms with Gasteiger partial charge >= 0.3 is 0 Å². The van der Waals surface area contributed by atoms with Crippen LogP contribution in [-0.2, 0) is 0 Å². The summed E-state index contributed by atoms with van der Waals surface area (Å²) in [5.74, 6) is -1.43. The van der Waals surface area contributed by atoms with E-state index < -0.39 is 22.3 Å². The van der Waals surface area contributed by atoms with Gasteiger partial charge in [0.05, 0.1) is 17.6 Å². The molecule has 0 aliphatic heterocycles. The molecule has 1 rings (SSSR count). The second-order valence-electron chi connectivity index (χ2n) is 3.41. The minimum absolute atomic E-state index is 0.0726. The molecule has 0 aliphatic carbocycles. The van der Waals surface area contributed by atoms with Crippen molar-refractivity contribution in [3.05, 3.63) is 39.7 Å². The van der Waals surface area contributed by atoms with Crippen LogP contribution in [0, 0.1) is 15.9 Å². The fourth-order valence-corrected chi connectivity index (χ4v) is 1.27. The average Bonchev–Trinajstić information content (AvgIpc) is 2.27. The van der Waals surface area contributed by atoms with Crippen molar-refractivity contribution >= 4 is 11.6 Å². The first-order valence-corrected chi connectivity index (χ1v) is 4.77. The van der Waals surface area contributed by atoms with Crippen LogP contribution < -0.4 is 0 Å². The smallest absolute Gasteiger partial charge is 0.273 e. The van der Waals surface area contributed by atoms with Crippen LogP contribution in [0.4, 0.5) is 10.1 Å². The first-order valence-electron chi connectivity index (χ1n) is 4.77. The average molecular weight is 242 g/mol. The van der Waals surface area contributed by atoms with Gasteiger partial charge < -0.3 is 10.0 Å². The lowest BCUT2D eigenvalue weighted by atomic mass is 10.1. The molecule has 0 unspecified atom stereocenters. The quantitative estimate of drug-likeness (QED) is 0.625. The zero-order chi connectivity index (χ0) is 13.0. The normalized spacial score (nSPS) is 10.1. The van der Waals surface area contributed by atoms with E-state index in [1.807, 2.05) is 0 Å². The van der Waals surface area contributed by atoms with Crippen molar-refractivity contribution in [3.63, 3.8) is 0 Å². The van der Waals surface area contributed by atoms with Crippen molar-refractivity contribution in [1.29, 1.82) is 0 Å². The van der Waals surface area contributed by atoms with Gasteiger partial charge in [0.15, 0.2) is 0 Å². The maximum absolute atomic E-state index is 13.1. The summed E-state index contributed by atoms with van der Waals surface area (Å²) in [5, 5.41) is 19.2. The number of halogens is 1. The minimum Gasteiger partial charge on any atom is -0.395 e. The summed E-state index contributed by atoms with van der Waals surface area (Å²) in [5.41, 5.74) is -0.599. The molecule has 0 aliphatic rings. The summed E-state index contributed by atoms with van der Waals surface area (Å²) < 4.78 is 13.1. The van der Waals surface area contributed by atoms with Crippen molar-refractivity contribution < 1.29 is 19.2 Å². The molecule has 0 saturated heterocycles. The predicted octanol–water partition coefficient (Wildman–Crippen LogP) is 0.798. The Morgan fingerprint density at radius 3 is 2.71 bits per heavy atom. The van der Waals surface area contributed by atoms with Gasteiger partial charge in [-0.3, -0.25) is 14.9 Å². The number of carbonyl (C=O) groups is 1. The Labute approximate surface area is 96.4 Å². The summed E-state index contributed by atoms with van der Waals surface area (Å²) in [6.07, 6.45) is 0. The Kier molecular flexibility index (Phi) is 4.11. The molecule has 0 radical (unpaired) electrons. The van der Waals surface area contributed by atoms with E-state index in [-0.39, 0.29) is 18.7 Å². The van der Waals surface area contributed by atoms with Crippen molar-refractivity contribution in [2.75, 3.05) is 20.2 Å². The van der Waals surface area contributed by atoms with Gasteiger partial charge in [-0.05, 0) is 6.07 Å². The van der Waals surface area contributed by atoms with Gasteiger partial charge in [-0.1, -0.05) is 0 Å². The molecular formula is C10H11FN2O4. The Morgan fingerprint density at radius 2 is 2.18 bits per heavy atom. The first kappa shape index (κ1) is 13.0. The molecule has 1 N–H and O–H groups in total. The van der Waals surface area contributed by atoms with E-state index in [1.54, 1.807) is 0 Å². The van der Waals surface area contributed by atoms with E-state index in [0.717, 1.165) is 23.1 Å². The van der Waals surface area contributed by atoms with Gasteiger partial charge in [-0.2, -0.15) is 0 Å². The van der Waals surface area contributed by atoms with Gasteiger partial charge in [0.25, 0.3) is 11.6 Å². The van der Waals surface area contributed by atoms with E-state index in [9.17, 15) is 19.3 Å². The second kappa shape index (κ2) is 5.35. The highest BCUT2D eigenvalue weighted by molar-refractivity contribution is 5.94. The number of rotatable bonds is 4. The number of aliphatic hydroxyl groups excluding tert-OH is 1. The fourth-order valence-electron chi connectivity index (χ4n) is 1.27. The lowest BCUT2D eigenvalue weighted by molar-refractivity contribution is -0.385. The SMILES string of the molecule is CN(CCO)C(=O)c1cc(F)cc([N+](=O)[O-])c1. The molecule has 0 fully saturated rings. The minimum atomic E-state index is -0.847. The van der Waals surface area contributed by atoms with Crippen LogP contribution >= 0.6 is 0 Å². The fraction of sp³-hybridized carbons (Fsp3) is 0.300. The van der Waals surface area contributed by atoms with Gasteiger partial charge in [0.2, 0.25) is 0 Å². The number of carbonyl (C=O) groups excluding carboxylic acids is 1. The summed E-state index contributed by atoms with van der Waals surface area (Å²) >= 11 is 0. The number of hydrogen-bond acceptors (Lipinski definition) is 4. The number of nitro benzene ring substituents is 1. The number of likely N-dealkylation sites (N-methyl/N-ethyl adjacent to an activating group) is 1. The number of aliphatic hydroxyl groups is 1. The number of hydrogen-bond donors (Lipinski definition) is 1. The van der Waals surface area contributed by atoms with Crippen LogP contribution in [0.25, 0.3) is 0 Å².